The molecule has 2 rings (SSSR count). The van der Waals surface area contributed by atoms with E-state index in [0.29, 0.717) is 6.42 Å². The molecule has 2 unspecified atom stereocenters. The van der Waals surface area contributed by atoms with E-state index >= 15 is 0 Å². The van der Waals surface area contributed by atoms with Crippen molar-refractivity contribution in [3.63, 3.8) is 0 Å². The van der Waals surface area contributed by atoms with Crippen molar-refractivity contribution >= 4 is 0 Å². The van der Waals surface area contributed by atoms with E-state index in [9.17, 15) is 10.2 Å². The topological polar surface area (TPSA) is 64.5 Å². The van der Waals surface area contributed by atoms with Gasteiger partial charge in [-0.05, 0) is 19.4 Å². The maximum absolute atomic E-state index is 9.95. The molecule has 1 aromatic carbocycles. The SMILES string of the molecule is CC1(O)NC(Cc2ccccc2)NC1(C)O. The van der Waals surface area contributed by atoms with E-state index in [4.69, 9.17) is 0 Å². The van der Waals surface area contributed by atoms with Gasteiger partial charge >= 0.3 is 0 Å². The van der Waals surface area contributed by atoms with Crippen LogP contribution in [0.4, 0.5) is 0 Å². The zero-order chi connectivity index (χ0) is 11.8. The first-order valence-electron chi connectivity index (χ1n) is 5.45. The maximum Gasteiger partial charge on any atom is 0.156 e. The van der Waals surface area contributed by atoms with Crippen LogP contribution in [0.1, 0.15) is 19.4 Å². The molecule has 1 saturated heterocycles. The van der Waals surface area contributed by atoms with Gasteiger partial charge in [0.15, 0.2) is 11.4 Å². The number of benzene rings is 1. The molecule has 88 valence electrons. The molecule has 16 heavy (non-hydrogen) atoms. The third-order valence-corrected chi connectivity index (χ3v) is 3.14. The van der Waals surface area contributed by atoms with Crippen molar-refractivity contribution in [2.75, 3.05) is 0 Å². The Labute approximate surface area is 95.3 Å². The third kappa shape index (κ3) is 2.10. The largest absolute Gasteiger partial charge is 0.372 e. The van der Waals surface area contributed by atoms with E-state index in [2.05, 4.69) is 10.6 Å². The van der Waals surface area contributed by atoms with Crippen molar-refractivity contribution in [3.05, 3.63) is 35.9 Å². The second kappa shape index (κ2) is 3.82. The Morgan fingerprint density at radius 3 is 2.06 bits per heavy atom. The number of rotatable bonds is 2. The molecule has 2 atom stereocenters. The smallest absolute Gasteiger partial charge is 0.156 e. The highest BCUT2D eigenvalue weighted by Gasteiger charge is 2.49. The number of aliphatic hydroxyl groups is 2. The minimum Gasteiger partial charge on any atom is -0.372 e. The van der Waals surface area contributed by atoms with E-state index in [0.717, 1.165) is 5.56 Å². The van der Waals surface area contributed by atoms with Crippen LogP contribution in [-0.2, 0) is 6.42 Å². The van der Waals surface area contributed by atoms with Gasteiger partial charge in [-0.1, -0.05) is 30.3 Å². The zero-order valence-corrected chi connectivity index (χ0v) is 9.57. The molecule has 4 nitrogen and oxygen atoms in total. The minimum atomic E-state index is -1.31. The highest BCUT2D eigenvalue weighted by Crippen LogP contribution is 2.24. The van der Waals surface area contributed by atoms with E-state index < -0.39 is 11.4 Å². The predicted octanol–water partition coefficient (Wildman–Crippen LogP) is 0.165. The number of hydrogen-bond acceptors (Lipinski definition) is 4. The van der Waals surface area contributed by atoms with Crippen molar-refractivity contribution in [2.24, 2.45) is 0 Å². The van der Waals surface area contributed by atoms with Gasteiger partial charge in [-0.25, -0.2) is 0 Å². The fourth-order valence-electron chi connectivity index (χ4n) is 1.95. The summed E-state index contributed by atoms with van der Waals surface area (Å²) in [5, 5.41) is 25.8. The molecular weight excluding hydrogens is 204 g/mol. The Hall–Kier alpha value is -0.940. The molecular formula is C12H18N2O2. The van der Waals surface area contributed by atoms with Crippen molar-refractivity contribution in [2.45, 2.75) is 37.9 Å². The van der Waals surface area contributed by atoms with Gasteiger partial charge < -0.3 is 10.2 Å². The number of nitrogens with one attached hydrogen (secondary N) is 2. The fourth-order valence-corrected chi connectivity index (χ4v) is 1.95. The van der Waals surface area contributed by atoms with Gasteiger partial charge in [0.25, 0.3) is 0 Å². The summed E-state index contributed by atoms with van der Waals surface area (Å²) in [6.45, 7) is 3.12. The lowest BCUT2D eigenvalue weighted by molar-refractivity contribution is -0.130. The Kier molecular flexibility index (Phi) is 2.75. The van der Waals surface area contributed by atoms with Gasteiger partial charge in [0, 0.05) is 6.42 Å². The van der Waals surface area contributed by atoms with Gasteiger partial charge in [-0.2, -0.15) is 0 Å². The van der Waals surface area contributed by atoms with Gasteiger partial charge in [-0.3, -0.25) is 10.6 Å². The third-order valence-electron chi connectivity index (χ3n) is 3.14. The molecule has 4 N–H and O–H groups in total. The van der Waals surface area contributed by atoms with E-state index in [-0.39, 0.29) is 6.17 Å². The van der Waals surface area contributed by atoms with E-state index in [1.165, 1.54) is 0 Å². The van der Waals surface area contributed by atoms with Crippen LogP contribution in [0.15, 0.2) is 30.3 Å². The van der Waals surface area contributed by atoms with Crippen LogP contribution < -0.4 is 10.6 Å². The van der Waals surface area contributed by atoms with Crippen LogP contribution in [0.25, 0.3) is 0 Å². The molecule has 0 saturated carbocycles. The minimum absolute atomic E-state index is 0.132. The normalized spacial score (nSPS) is 38.9. The summed E-state index contributed by atoms with van der Waals surface area (Å²) in [5.41, 5.74) is -1.47. The summed E-state index contributed by atoms with van der Waals surface area (Å²) < 4.78 is 0. The molecule has 0 bridgehead atoms. The first kappa shape index (κ1) is 11.5. The van der Waals surface area contributed by atoms with Gasteiger partial charge in [0.1, 0.15) is 0 Å². The Bertz CT molecular complexity index is 347. The van der Waals surface area contributed by atoms with Gasteiger partial charge in [-0.15, -0.1) is 0 Å². The summed E-state index contributed by atoms with van der Waals surface area (Å²) in [6.07, 6.45) is 0.583. The summed E-state index contributed by atoms with van der Waals surface area (Å²) in [4.78, 5) is 0. The average Bonchev–Trinajstić information content (AvgIpc) is 2.36. The van der Waals surface area contributed by atoms with Crippen molar-refractivity contribution in [3.8, 4) is 0 Å². The molecule has 1 aliphatic rings. The monoisotopic (exact) mass is 222 g/mol. The molecule has 1 heterocycles. The summed E-state index contributed by atoms with van der Waals surface area (Å²) in [7, 11) is 0. The molecule has 1 fully saturated rings. The lowest BCUT2D eigenvalue weighted by Crippen LogP contribution is -2.56. The van der Waals surface area contributed by atoms with Crippen LogP contribution in [0.5, 0.6) is 0 Å². The van der Waals surface area contributed by atoms with Gasteiger partial charge in [0.05, 0.1) is 6.17 Å². The van der Waals surface area contributed by atoms with E-state index in [1.54, 1.807) is 13.8 Å². The quantitative estimate of drug-likeness (QED) is 0.576. The Balaban J connectivity index is 2.05. The molecule has 1 aromatic rings. The Morgan fingerprint density at radius 1 is 1.06 bits per heavy atom. The molecule has 0 spiro atoms. The molecule has 4 heteroatoms. The lowest BCUT2D eigenvalue weighted by atomic mass is 10.1. The van der Waals surface area contributed by atoms with Crippen LogP contribution in [0.3, 0.4) is 0 Å². The molecule has 1 aliphatic heterocycles. The maximum atomic E-state index is 9.95. The van der Waals surface area contributed by atoms with Crippen molar-refractivity contribution < 1.29 is 10.2 Å². The molecule has 0 radical (unpaired) electrons. The van der Waals surface area contributed by atoms with Crippen LogP contribution in [-0.4, -0.2) is 27.8 Å². The van der Waals surface area contributed by atoms with Crippen LogP contribution in [0, 0.1) is 0 Å². The second-order valence-electron chi connectivity index (χ2n) is 4.68. The van der Waals surface area contributed by atoms with Crippen molar-refractivity contribution in [1.29, 1.82) is 0 Å². The second-order valence-corrected chi connectivity index (χ2v) is 4.68. The summed E-state index contributed by atoms with van der Waals surface area (Å²) in [6, 6.07) is 9.95. The molecule has 0 aliphatic carbocycles. The standard InChI is InChI=1S/C12H18N2O2/c1-11(15)12(2,16)14-10(13-11)8-9-6-4-3-5-7-9/h3-7,10,13-16H,8H2,1-2H3. The van der Waals surface area contributed by atoms with Crippen LogP contribution >= 0.6 is 0 Å². The molecule has 0 amide bonds. The zero-order valence-electron chi connectivity index (χ0n) is 9.57. The Morgan fingerprint density at radius 2 is 1.56 bits per heavy atom. The first-order valence-corrected chi connectivity index (χ1v) is 5.45. The average molecular weight is 222 g/mol. The lowest BCUT2D eigenvalue weighted by Gasteiger charge is -2.29. The highest BCUT2D eigenvalue weighted by molar-refractivity contribution is 5.17. The summed E-state index contributed by atoms with van der Waals surface area (Å²) in [5.74, 6) is 0. The van der Waals surface area contributed by atoms with Crippen molar-refractivity contribution in [1.82, 2.24) is 10.6 Å². The fraction of sp³-hybridized carbons (Fsp3) is 0.500. The molecule has 0 aromatic heterocycles. The predicted molar refractivity (Wildman–Crippen MR) is 61.5 cm³/mol. The highest BCUT2D eigenvalue weighted by atomic mass is 16.4. The van der Waals surface area contributed by atoms with E-state index in [1.807, 2.05) is 30.3 Å². The first-order chi connectivity index (χ1) is 7.41. The van der Waals surface area contributed by atoms with Gasteiger partial charge in [0.2, 0.25) is 0 Å². The van der Waals surface area contributed by atoms with Crippen LogP contribution in [0.2, 0.25) is 0 Å². The summed E-state index contributed by atoms with van der Waals surface area (Å²) >= 11 is 0. The number of hydrogen-bond donors (Lipinski definition) is 4.